The van der Waals surface area contributed by atoms with Gasteiger partial charge in [0.25, 0.3) is 0 Å². The van der Waals surface area contributed by atoms with Gasteiger partial charge in [0.2, 0.25) is 0 Å². The van der Waals surface area contributed by atoms with E-state index in [4.69, 9.17) is 5.84 Å². The van der Waals surface area contributed by atoms with Crippen molar-refractivity contribution in [3.63, 3.8) is 0 Å². The summed E-state index contributed by atoms with van der Waals surface area (Å²) in [6.07, 6.45) is 1.86. The number of nitrogens with two attached hydrogens (primary N) is 1. The Hall–Kier alpha value is -1.66. The first-order valence-corrected chi connectivity index (χ1v) is 7.58. The highest BCUT2D eigenvalue weighted by atomic mass is 32.1. The van der Waals surface area contributed by atoms with E-state index in [9.17, 15) is 0 Å². The van der Waals surface area contributed by atoms with E-state index in [1.165, 1.54) is 15.3 Å². The SMILES string of the molecule is CCCc1nc(NN)cc(NCc2cc(C)c(C)s2)n1. The number of anilines is 2. The average Bonchev–Trinajstić information content (AvgIpc) is 2.76. The predicted molar refractivity (Wildman–Crippen MR) is 85.0 cm³/mol. The molecule has 5 nitrogen and oxygen atoms in total. The summed E-state index contributed by atoms with van der Waals surface area (Å²) in [5.41, 5.74) is 3.93. The van der Waals surface area contributed by atoms with Crippen molar-refractivity contribution in [2.75, 3.05) is 10.7 Å². The average molecular weight is 291 g/mol. The van der Waals surface area contributed by atoms with Crippen LogP contribution in [0.3, 0.4) is 0 Å². The molecule has 0 fully saturated rings. The summed E-state index contributed by atoms with van der Waals surface area (Å²) in [5, 5.41) is 3.34. The molecular weight excluding hydrogens is 270 g/mol. The van der Waals surface area contributed by atoms with Crippen molar-refractivity contribution in [2.45, 2.75) is 40.2 Å². The van der Waals surface area contributed by atoms with Gasteiger partial charge in [-0.1, -0.05) is 6.92 Å². The molecule has 0 aromatic carbocycles. The summed E-state index contributed by atoms with van der Waals surface area (Å²) in [4.78, 5) is 11.5. The van der Waals surface area contributed by atoms with Gasteiger partial charge in [0.1, 0.15) is 17.5 Å². The maximum absolute atomic E-state index is 5.45. The molecule has 0 unspecified atom stereocenters. The van der Waals surface area contributed by atoms with Crippen molar-refractivity contribution in [1.82, 2.24) is 9.97 Å². The number of thiophene rings is 1. The Labute approximate surface area is 123 Å². The van der Waals surface area contributed by atoms with E-state index in [1.807, 2.05) is 17.4 Å². The van der Waals surface area contributed by atoms with E-state index in [0.717, 1.165) is 31.0 Å². The van der Waals surface area contributed by atoms with Gasteiger partial charge in [-0.15, -0.1) is 11.3 Å². The van der Waals surface area contributed by atoms with Crippen LogP contribution in [0.1, 0.15) is 34.5 Å². The van der Waals surface area contributed by atoms with Crippen LogP contribution < -0.4 is 16.6 Å². The first-order valence-electron chi connectivity index (χ1n) is 6.76. The van der Waals surface area contributed by atoms with Gasteiger partial charge in [0.15, 0.2) is 0 Å². The first-order chi connectivity index (χ1) is 9.62. The maximum Gasteiger partial charge on any atom is 0.145 e. The Morgan fingerprint density at radius 2 is 1.95 bits per heavy atom. The molecule has 20 heavy (non-hydrogen) atoms. The summed E-state index contributed by atoms with van der Waals surface area (Å²) in [6, 6.07) is 4.04. The Balaban J connectivity index is 2.09. The molecule has 2 aromatic rings. The number of hydrazine groups is 1. The van der Waals surface area contributed by atoms with Gasteiger partial charge in [-0.2, -0.15) is 0 Å². The lowest BCUT2D eigenvalue weighted by Gasteiger charge is -2.08. The zero-order valence-electron chi connectivity index (χ0n) is 12.2. The number of nitrogens with one attached hydrogen (secondary N) is 2. The van der Waals surface area contributed by atoms with Crippen LogP contribution in [-0.2, 0) is 13.0 Å². The Morgan fingerprint density at radius 3 is 2.55 bits per heavy atom. The van der Waals surface area contributed by atoms with Gasteiger partial charge in [-0.25, -0.2) is 15.8 Å². The van der Waals surface area contributed by atoms with Crippen molar-refractivity contribution in [3.8, 4) is 0 Å². The molecule has 0 aliphatic carbocycles. The molecule has 0 bridgehead atoms. The number of hydrogen-bond acceptors (Lipinski definition) is 6. The molecule has 0 radical (unpaired) electrons. The molecule has 0 aliphatic heterocycles. The van der Waals surface area contributed by atoms with E-state index in [2.05, 4.69) is 47.5 Å². The van der Waals surface area contributed by atoms with Crippen LogP contribution in [0.5, 0.6) is 0 Å². The third kappa shape index (κ3) is 3.68. The minimum Gasteiger partial charge on any atom is -0.365 e. The van der Waals surface area contributed by atoms with Crippen LogP contribution in [0.2, 0.25) is 0 Å². The maximum atomic E-state index is 5.45. The molecule has 4 N–H and O–H groups in total. The summed E-state index contributed by atoms with van der Waals surface area (Å²) in [7, 11) is 0. The fraction of sp³-hybridized carbons (Fsp3) is 0.429. The summed E-state index contributed by atoms with van der Waals surface area (Å²) in [5.74, 6) is 7.71. The van der Waals surface area contributed by atoms with E-state index in [-0.39, 0.29) is 0 Å². The van der Waals surface area contributed by atoms with Gasteiger partial charge < -0.3 is 10.7 Å². The molecular formula is C14H21N5S. The standard InChI is InChI=1S/C14H21N5S/c1-4-5-12-17-13(7-14(18-12)19-15)16-8-11-6-9(2)10(3)20-11/h6-7H,4-5,8,15H2,1-3H3,(H2,16,17,18,19). The highest BCUT2D eigenvalue weighted by molar-refractivity contribution is 7.12. The van der Waals surface area contributed by atoms with E-state index >= 15 is 0 Å². The number of nitrogens with zero attached hydrogens (tertiary/aromatic N) is 2. The van der Waals surface area contributed by atoms with Crippen LogP contribution in [0.25, 0.3) is 0 Å². The molecule has 0 saturated heterocycles. The van der Waals surface area contributed by atoms with Crippen LogP contribution in [0.15, 0.2) is 12.1 Å². The van der Waals surface area contributed by atoms with Gasteiger partial charge in [-0.3, -0.25) is 0 Å². The van der Waals surface area contributed by atoms with Crippen molar-refractivity contribution in [2.24, 2.45) is 5.84 Å². The molecule has 0 saturated carbocycles. The zero-order valence-corrected chi connectivity index (χ0v) is 13.0. The van der Waals surface area contributed by atoms with Crippen molar-refractivity contribution < 1.29 is 0 Å². The lowest BCUT2D eigenvalue weighted by atomic mass is 10.3. The summed E-state index contributed by atoms with van der Waals surface area (Å²) >= 11 is 1.81. The lowest BCUT2D eigenvalue weighted by Crippen LogP contribution is -2.12. The second-order valence-corrected chi connectivity index (χ2v) is 6.10. The zero-order chi connectivity index (χ0) is 14.5. The predicted octanol–water partition coefficient (Wildman–Crippen LogP) is 3.01. The van der Waals surface area contributed by atoms with Gasteiger partial charge in [0.05, 0.1) is 6.54 Å². The topological polar surface area (TPSA) is 75.9 Å². The minimum atomic E-state index is 0.643. The molecule has 0 spiro atoms. The second-order valence-electron chi connectivity index (χ2n) is 4.75. The van der Waals surface area contributed by atoms with E-state index < -0.39 is 0 Å². The van der Waals surface area contributed by atoms with E-state index in [1.54, 1.807) is 0 Å². The first kappa shape index (κ1) is 14.7. The van der Waals surface area contributed by atoms with Crippen LogP contribution in [-0.4, -0.2) is 9.97 Å². The van der Waals surface area contributed by atoms with E-state index in [0.29, 0.717) is 5.82 Å². The van der Waals surface area contributed by atoms with Crippen LogP contribution in [0, 0.1) is 13.8 Å². The molecule has 0 atom stereocenters. The smallest absolute Gasteiger partial charge is 0.145 e. The number of hydrogen-bond donors (Lipinski definition) is 3. The molecule has 0 amide bonds. The van der Waals surface area contributed by atoms with Crippen molar-refractivity contribution in [1.29, 1.82) is 0 Å². The van der Waals surface area contributed by atoms with Crippen molar-refractivity contribution >= 4 is 23.0 Å². The Morgan fingerprint density at radius 1 is 1.20 bits per heavy atom. The molecule has 2 aromatic heterocycles. The molecule has 2 heterocycles. The van der Waals surface area contributed by atoms with Gasteiger partial charge in [-0.05, 0) is 31.9 Å². The van der Waals surface area contributed by atoms with Crippen LogP contribution in [0.4, 0.5) is 11.6 Å². The molecule has 108 valence electrons. The normalized spacial score (nSPS) is 10.6. The Bertz CT molecular complexity index is 559. The second kappa shape index (κ2) is 6.67. The quantitative estimate of drug-likeness (QED) is 0.563. The highest BCUT2D eigenvalue weighted by Crippen LogP contribution is 2.21. The summed E-state index contributed by atoms with van der Waals surface area (Å²) in [6.45, 7) is 7.15. The number of rotatable bonds is 6. The number of aromatic nitrogens is 2. The number of nitrogen functional groups attached to an aromatic ring is 1. The molecule has 2 rings (SSSR count). The Kier molecular flexibility index (Phi) is 4.92. The fourth-order valence-electron chi connectivity index (χ4n) is 1.91. The number of aryl methyl sites for hydroxylation is 3. The fourth-order valence-corrected chi connectivity index (χ4v) is 2.90. The summed E-state index contributed by atoms with van der Waals surface area (Å²) < 4.78 is 0. The minimum absolute atomic E-state index is 0.643. The van der Waals surface area contributed by atoms with Crippen LogP contribution >= 0.6 is 11.3 Å². The molecule has 6 heteroatoms. The van der Waals surface area contributed by atoms with Gasteiger partial charge >= 0.3 is 0 Å². The molecule has 0 aliphatic rings. The largest absolute Gasteiger partial charge is 0.365 e. The third-order valence-electron chi connectivity index (χ3n) is 3.05. The third-order valence-corrected chi connectivity index (χ3v) is 4.21. The highest BCUT2D eigenvalue weighted by Gasteiger charge is 2.05. The monoisotopic (exact) mass is 291 g/mol. The van der Waals surface area contributed by atoms with Gasteiger partial charge in [0, 0.05) is 22.2 Å². The lowest BCUT2D eigenvalue weighted by molar-refractivity contribution is 0.834. The van der Waals surface area contributed by atoms with Crippen molar-refractivity contribution in [3.05, 3.63) is 33.3 Å².